The molecule has 0 fully saturated rings. The topological polar surface area (TPSA) is 50.4 Å². The lowest BCUT2D eigenvalue weighted by Gasteiger charge is -1.99. The minimum atomic E-state index is -0.969. The van der Waals surface area contributed by atoms with Crippen molar-refractivity contribution in [1.82, 2.24) is 0 Å². The van der Waals surface area contributed by atoms with Crippen molar-refractivity contribution in [2.24, 2.45) is 0 Å². The summed E-state index contributed by atoms with van der Waals surface area (Å²) in [4.78, 5) is 10.7. The molecule has 1 N–H and O–H groups in total. The van der Waals surface area contributed by atoms with Gasteiger partial charge in [-0.05, 0) is 18.9 Å². The second-order valence-electron chi connectivity index (χ2n) is 3.74. The normalized spacial score (nSPS) is 10.5. The van der Waals surface area contributed by atoms with E-state index in [1.807, 2.05) is 0 Å². The number of hydrogen-bond donors (Lipinski definition) is 1. The van der Waals surface area contributed by atoms with E-state index in [2.05, 4.69) is 6.92 Å². The van der Waals surface area contributed by atoms with E-state index in [0.717, 1.165) is 24.8 Å². The van der Waals surface area contributed by atoms with Gasteiger partial charge in [0.2, 0.25) is 5.76 Å². The van der Waals surface area contributed by atoms with Gasteiger partial charge < -0.3 is 9.52 Å². The Morgan fingerprint density at radius 3 is 2.73 bits per heavy atom. The molecular weight excluding hydrogens is 192 g/mol. The molecule has 3 heteroatoms. The molecule has 1 heterocycles. The SMILES string of the molecule is CCCCCCCc1ccoc1C(=O)O. The molecule has 0 unspecified atom stereocenters. The summed E-state index contributed by atoms with van der Waals surface area (Å²) in [6, 6.07) is 1.75. The van der Waals surface area contributed by atoms with Gasteiger partial charge in [0, 0.05) is 5.56 Å². The molecule has 0 saturated carbocycles. The highest BCUT2D eigenvalue weighted by Gasteiger charge is 2.12. The first-order chi connectivity index (χ1) is 7.25. The third kappa shape index (κ3) is 3.78. The molecule has 3 nitrogen and oxygen atoms in total. The van der Waals surface area contributed by atoms with Crippen molar-refractivity contribution in [2.75, 3.05) is 0 Å². The number of hydrogen-bond acceptors (Lipinski definition) is 2. The maximum absolute atomic E-state index is 10.7. The summed E-state index contributed by atoms with van der Waals surface area (Å²) < 4.78 is 4.90. The fourth-order valence-electron chi connectivity index (χ4n) is 1.64. The van der Waals surface area contributed by atoms with E-state index in [9.17, 15) is 4.79 Å². The third-order valence-corrected chi connectivity index (χ3v) is 2.49. The Hall–Kier alpha value is -1.25. The molecule has 0 saturated heterocycles. The highest BCUT2D eigenvalue weighted by molar-refractivity contribution is 5.86. The second kappa shape index (κ2) is 6.27. The van der Waals surface area contributed by atoms with Gasteiger partial charge in [-0.1, -0.05) is 32.6 Å². The van der Waals surface area contributed by atoms with Gasteiger partial charge in [0.1, 0.15) is 0 Å². The van der Waals surface area contributed by atoms with E-state index in [1.54, 1.807) is 6.07 Å². The summed E-state index contributed by atoms with van der Waals surface area (Å²) >= 11 is 0. The van der Waals surface area contributed by atoms with Crippen LogP contribution in [0.4, 0.5) is 0 Å². The highest BCUT2D eigenvalue weighted by atomic mass is 16.4. The van der Waals surface area contributed by atoms with E-state index < -0.39 is 5.97 Å². The molecule has 0 aliphatic rings. The lowest BCUT2D eigenvalue weighted by molar-refractivity contribution is 0.0660. The number of carboxylic acid groups (broad SMARTS) is 1. The molecule has 0 atom stereocenters. The zero-order valence-corrected chi connectivity index (χ0v) is 9.16. The van der Waals surface area contributed by atoms with Crippen LogP contribution >= 0.6 is 0 Å². The number of unbranched alkanes of at least 4 members (excludes halogenated alkanes) is 4. The van der Waals surface area contributed by atoms with Gasteiger partial charge >= 0.3 is 5.97 Å². The minimum absolute atomic E-state index is 0.102. The van der Waals surface area contributed by atoms with Crippen LogP contribution in [0.25, 0.3) is 0 Å². The van der Waals surface area contributed by atoms with Crippen molar-refractivity contribution in [3.8, 4) is 0 Å². The zero-order chi connectivity index (χ0) is 11.1. The lowest BCUT2D eigenvalue weighted by atomic mass is 10.1. The molecule has 0 aliphatic carbocycles. The number of carboxylic acids is 1. The van der Waals surface area contributed by atoms with Crippen LogP contribution in [0.3, 0.4) is 0 Å². The van der Waals surface area contributed by atoms with Gasteiger partial charge in [-0.2, -0.15) is 0 Å². The molecule has 1 aromatic heterocycles. The van der Waals surface area contributed by atoms with E-state index in [4.69, 9.17) is 9.52 Å². The fraction of sp³-hybridized carbons (Fsp3) is 0.583. The van der Waals surface area contributed by atoms with E-state index in [1.165, 1.54) is 25.5 Å². The maximum atomic E-state index is 10.7. The quantitative estimate of drug-likeness (QED) is 0.701. The number of aryl methyl sites for hydroxylation is 1. The van der Waals surface area contributed by atoms with Crippen LogP contribution in [0.15, 0.2) is 16.7 Å². The summed E-state index contributed by atoms with van der Waals surface area (Å²) in [7, 11) is 0. The lowest BCUT2D eigenvalue weighted by Crippen LogP contribution is -1.98. The summed E-state index contributed by atoms with van der Waals surface area (Å²) in [5.41, 5.74) is 0.819. The Kier molecular flexibility index (Phi) is 4.95. The van der Waals surface area contributed by atoms with Crippen LogP contribution < -0.4 is 0 Å². The van der Waals surface area contributed by atoms with Crippen molar-refractivity contribution in [3.63, 3.8) is 0 Å². The Balaban J connectivity index is 2.31. The van der Waals surface area contributed by atoms with Crippen molar-refractivity contribution >= 4 is 5.97 Å². The van der Waals surface area contributed by atoms with Crippen LogP contribution in [0.5, 0.6) is 0 Å². The van der Waals surface area contributed by atoms with E-state index in [-0.39, 0.29) is 5.76 Å². The third-order valence-electron chi connectivity index (χ3n) is 2.49. The van der Waals surface area contributed by atoms with Crippen molar-refractivity contribution in [3.05, 3.63) is 23.7 Å². The maximum Gasteiger partial charge on any atom is 0.372 e. The van der Waals surface area contributed by atoms with Gasteiger partial charge in [0.15, 0.2) is 0 Å². The molecule has 1 rings (SSSR count). The van der Waals surface area contributed by atoms with Crippen molar-refractivity contribution in [1.29, 1.82) is 0 Å². The summed E-state index contributed by atoms with van der Waals surface area (Å²) in [5.74, 6) is -0.867. The molecular formula is C12H18O3. The average Bonchev–Trinajstić information content (AvgIpc) is 2.66. The Labute approximate surface area is 90.1 Å². The highest BCUT2D eigenvalue weighted by Crippen LogP contribution is 2.14. The number of furan rings is 1. The van der Waals surface area contributed by atoms with Crippen LogP contribution in [0, 0.1) is 0 Å². The predicted octanol–water partition coefficient (Wildman–Crippen LogP) is 3.49. The Morgan fingerprint density at radius 1 is 1.33 bits per heavy atom. The zero-order valence-electron chi connectivity index (χ0n) is 9.16. The van der Waals surface area contributed by atoms with Crippen LogP contribution in [-0.4, -0.2) is 11.1 Å². The number of carbonyl (C=O) groups is 1. The van der Waals surface area contributed by atoms with Gasteiger partial charge in [0.25, 0.3) is 0 Å². The standard InChI is InChI=1S/C12H18O3/c1-2-3-4-5-6-7-10-8-9-15-11(10)12(13)14/h8-9H,2-7H2,1H3,(H,13,14). The van der Waals surface area contributed by atoms with Gasteiger partial charge in [-0.3, -0.25) is 0 Å². The Morgan fingerprint density at radius 2 is 2.07 bits per heavy atom. The van der Waals surface area contributed by atoms with Gasteiger partial charge in [0.05, 0.1) is 6.26 Å². The largest absolute Gasteiger partial charge is 0.475 e. The second-order valence-corrected chi connectivity index (χ2v) is 3.74. The minimum Gasteiger partial charge on any atom is -0.475 e. The summed E-state index contributed by atoms with van der Waals surface area (Å²) in [6.45, 7) is 2.18. The molecule has 0 spiro atoms. The number of aromatic carboxylic acids is 1. The predicted molar refractivity (Wildman–Crippen MR) is 58.1 cm³/mol. The number of rotatable bonds is 7. The molecule has 0 bridgehead atoms. The summed E-state index contributed by atoms with van der Waals surface area (Å²) in [6.07, 6.45) is 8.19. The first-order valence-electron chi connectivity index (χ1n) is 5.55. The monoisotopic (exact) mass is 210 g/mol. The Bertz CT molecular complexity index is 302. The first-order valence-corrected chi connectivity index (χ1v) is 5.55. The molecule has 0 aliphatic heterocycles. The molecule has 0 aromatic carbocycles. The van der Waals surface area contributed by atoms with Crippen LogP contribution in [0.2, 0.25) is 0 Å². The van der Waals surface area contributed by atoms with E-state index >= 15 is 0 Å². The first kappa shape index (κ1) is 11.8. The van der Waals surface area contributed by atoms with Crippen LogP contribution in [0.1, 0.15) is 55.1 Å². The summed E-state index contributed by atoms with van der Waals surface area (Å²) in [5, 5.41) is 8.80. The van der Waals surface area contributed by atoms with Gasteiger partial charge in [-0.25, -0.2) is 4.79 Å². The van der Waals surface area contributed by atoms with Gasteiger partial charge in [-0.15, -0.1) is 0 Å². The molecule has 84 valence electrons. The molecule has 0 amide bonds. The van der Waals surface area contributed by atoms with Crippen molar-refractivity contribution < 1.29 is 14.3 Å². The molecule has 1 aromatic rings. The molecule has 0 radical (unpaired) electrons. The van der Waals surface area contributed by atoms with Crippen molar-refractivity contribution in [2.45, 2.75) is 45.4 Å². The average molecular weight is 210 g/mol. The fourth-order valence-corrected chi connectivity index (χ4v) is 1.64. The smallest absolute Gasteiger partial charge is 0.372 e. The van der Waals surface area contributed by atoms with Crippen LogP contribution in [-0.2, 0) is 6.42 Å². The van der Waals surface area contributed by atoms with E-state index in [0.29, 0.717) is 0 Å². The molecule has 15 heavy (non-hydrogen) atoms.